The number of hydrogen-bond donors (Lipinski definition) is 2. The van der Waals surface area contributed by atoms with Crippen molar-refractivity contribution in [1.82, 2.24) is 4.31 Å². The van der Waals surface area contributed by atoms with Crippen LogP contribution < -0.4 is 0 Å². The predicted octanol–water partition coefficient (Wildman–Crippen LogP) is 0.857. The summed E-state index contributed by atoms with van der Waals surface area (Å²) in [6.07, 6.45) is -1.10. The van der Waals surface area contributed by atoms with Crippen molar-refractivity contribution in [2.75, 3.05) is 6.54 Å². The third-order valence-electron chi connectivity index (χ3n) is 3.32. The molecule has 1 aliphatic rings. The van der Waals surface area contributed by atoms with Crippen LogP contribution in [-0.2, 0) is 14.8 Å². The molecular weight excluding hydrogens is 306 g/mol. The maximum absolute atomic E-state index is 12.6. The molecule has 1 fully saturated rings. The summed E-state index contributed by atoms with van der Waals surface area (Å²) in [6, 6.07) is 3.17. The highest BCUT2D eigenvalue weighted by Gasteiger charge is 2.44. The van der Waals surface area contributed by atoms with E-state index in [4.69, 9.17) is 16.7 Å². The summed E-state index contributed by atoms with van der Waals surface area (Å²) in [4.78, 5) is 11.1. The van der Waals surface area contributed by atoms with Gasteiger partial charge in [-0.1, -0.05) is 17.7 Å². The summed E-state index contributed by atoms with van der Waals surface area (Å²) >= 11 is 5.91. The van der Waals surface area contributed by atoms with Gasteiger partial charge in [0, 0.05) is 18.0 Å². The van der Waals surface area contributed by atoms with E-state index in [0.29, 0.717) is 5.56 Å². The van der Waals surface area contributed by atoms with Crippen LogP contribution in [-0.4, -0.2) is 47.6 Å². The quantitative estimate of drug-likeness (QED) is 0.861. The number of carboxylic acids is 1. The number of sulfonamides is 1. The lowest BCUT2D eigenvalue weighted by Gasteiger charge is -2.22. The summed E-state index contributed by atoms with van der Waals surface area (Å²) in [5.41, 5.74) is 0.361. The van der Waals surface area contributed by atoms with Crippen molar-refractivity contribution >= 4 is 27.6 Å². The summed E-state index contributed by atoms with van der Waals surface area (Å²) in [5, 5.41) is 18.9. The number of aliphatic hydroxyl groups excluding tert-OH is 1. The Morgan fingerprint density at radius 3 is 2.70 bits per heavy atom. The smallest absolute Gasteiger partial charge is 0.322 e. The molecule has 1 saturated heterocycles. The minimum atomic E-state index is -4.01. The maximum Gasteiger partial charge on any atom is 0.322 e. The van der Waals surface area contributed by atoms with Crippen LogP contribution in [0.25, 0.3) is 0 Å². The molecule has 1 aliphatic heterocycles. The molecule has 1 heterocycles. The first-order chi connectivity index (χ1) is 9.25. The standard InChI is InChI=1S/C12H14ClNO5S/c1-7-9(13)3-2-4-11(7)20(18,19)14-6-8(15)5-10(14)12(16)17/h2-4,8,10,15H,5-6H2,1H3,(H,16,17)/t8?,10-/m0/s1. The van der Waals surface area contributed by atoms with Gasteiger partial charge in [-0.25, -0.2) is 8.42 Å². The molecular formula is C12H14ClNO5S. The molecule has 0 spiro atoms. The molecule has 0 aromatic heterocycles. The highest BCUT2D eigenvalue weighted by molar-refractivity contribution is 7.89. The topological polar surface area (TPSA) is 94.9 Å². The summed E-state index contributed by atoms with van der Waals surface area (Å²) < 4.78 is 25.9. The molecule has 8 heteroatoms. The Morgan fingerprint density at radius 2 is 2.10 bits per heavy atom. The van der Waals surface area contributed by atoms with Crippen LogP contribution in [0.15, 0.2) is 23.1 Å². The van der Waals surface area contributed by atoms with E-state index in [9.17, 15) is 18.3 Å². The third kappa shape index (κ3) is 2.54. The molecule has 0 radical (unpaired) electrons. The highest BCUT2D eigenvalue weighted by atomic mass is 35.5. The number of carbonyl (C=O) groups is 1. The van der Waals surface area contributed by atoms with Gasteiger partial charge >= 0.3 is 5.97 Å². The van der Waals surface area contributed by atoms with Gasteiger partial charge in [-0.3, -0.25) is 4.79 Å². The molecule has 1 aromatic rings. The number of β-amino-alcohol motifs (C(OH)–C–C–N with tert-alkyl or cyclic N) is 1. The Balaban J connectivity index is 2.49. The Morgan fingerprint density at radius 1 is 1.45 bits per heavy atom. The Hall–Kier alpha value is -1.15. The fourth-order valence-corrected chi connectivity index (χ4v) is 4.38. The average Bonchev–Trinajstić information content (AvgIpc) is 2.75. The number of halogens is 1. The molecule has 0 bridgehead atoms. The van der Waals surface area contributed by atoms with Gasteiger partial charge in [-0.05, 0) is 24.6 Å². The van der Waals surface area contributed by atoms with E-state index in [0.717, 1.165) is 4.31 Å². The molecule has 2 atom stereocenters. The summed E-state index contributed by atoms with van der Waals surface area (Å²) in [6.45, 7) is 1.32. The van der Waals surface area contributed by atoms with Gasteiger partial charge in [-0.2, -0.15) is 4.31 Å². The summed E-state index contributed by atoms with van der Waals surface area (Å²) in [5.74, 6) is -1.27. The van der Waals surface area contributed by atoms with Gasteiger partial charge < -0.3 is 10.2 Å². The zero-order valence-corrected chi connectivity index (χ0v) is 12.2. The molecule has 20 heavy (non-hydrogen) atoms. The zero-order chi connectivity index (χ0) is 15.1. The van der Waals surface area contributed by atoms with Crippen LogP contribution in [0, 0.1) is 6.92 Å². The van der Waals surface area contributed by atoms with Gasteiger partial charge in [0.15, 0.2) is 0 Å². The van der Waals surface area contributed by atoms with Gasteiger partial charge in [-0.15, -0.1) is 0 Å². The number of benzene rings is 1. The molecule has 2 N–H and O–H groups in total. The minimum absolute atomic E-state index is 0.0367. The normalized spacial score (nSPS) is 23.9. The van der Waals surface area contributed by atoms with Crippen LogP contribution in [0.5, 0.6) is 0 Å². The molecule has 1 unspecified atom stereocenters. The SMILES string of the molecule is Cc1c(Cl)cccc1S(=O)(=O)N1CC(O)C[C@H]1C(=O)O. The monoisotopic (exact) mass is 319 g/mol. The van der Waals surface area contributed by atoms with E-state index in [-0.39, 0.29) is 22.9 Å². The second kappa shape index (κ2) is 5.33. The number of aliphatic hydroxyl groups is 1. The second-order valence-electron chi connectivity index (χ2n) is 4.68. The molecule has 2 rings (SSSR count). The average molecular weight is 320 g/mol. The van der Waals surface area contributed by atoms with Gasteiger partial charge in [0.2, 0.25) is 10.0 Å². The zero-order valence-electron chi connectivity index (χ0n) is 10.7. The van der Waals surface area contributed by atoms with Crippen LogP contribution in [0.4, 0.5) is 0 Å². The van der Waals surface area contributed by atoms with Gasteiger partial charge in [0.1, 0.15) is 6.04 Å². The van der Waals surface area contributed by atoms with E-state index in [1.54, 1.807) is 13.0 Å². The maximum atomic E-state index is 12.6. The Bertz CT molecular complexity index is 645. The number of carboxylic acid groups (broad SMARTS) is 1. The van der Waals surface area contributed by atoms with Crippen LogP contribution in [0.1, 0.15) is 12.0 Å². The summed E-state index contributed by atoms with van der Waals surface area (Å²) in [7, 11) is -4.01. The van der Waals surface area contributed by atoms with Crippen molar-refractivity contribution in [2.24, 2.45) is 0 Å². The van der Waals surface area contributed by atoms with E-state index in [1.165, 1.54) is 12.1 Å². The van der Waals surface area contributed by atoms with Crippen LogP contribution in [0.3, 0.4) is 0 Å². The van der Waals surface area contributed by atoms with Crippen molar-refractivity contribution in [1.29, 1.82) is 0 Å². The molecule has 6 nitrogen and oxygen atoms in total. The number of nitrogens with zero attached hydrogens (tertiary/aromatic N) is 1. The fraction of sp³-hybridized carbons (Fsp3) is 0.417. The predicted molar refractivity (Wildman–Crippen MR) is 72.1 cm³/mol. The Kier molecular flexibility index (Phi) is 4.06. The molecule has 110 valence electrons. The van der Waals surface area contributed by atoms with Crippen LogP contribution in [0.2, 0.25) is 5.02 Å². The van der Waals surface area contributed by atoms with Crippen molar-refractivity contribution in [3.8, 4) is 0 Å². The fourth-order valence-electron chi connectivity index (χ4n) is 2.27. The van der Waals surface area contributed by atoms with Crippen LogP contribution >= 0.6 is 11.6 Å². The number of hydrogen-bond acceptors (Lipinski definition) is 4. The lowest BCUT2D eigenvalue weighted by atomic mass is 10.2. The van der Waals surface area contributed by atoms with E-state index >= 15 is 0 Å². The highest BCUT2D eigenvalue weighted by Crippen LogP contribution is 2.30. The van der Waals surface area contributed by atoms with E-state index in [1.807, 2.05) is 0 Å². The van der Waals surface area contributed by atoms with E-state index in [2.05, 4.69) is 0 Å². The van der Waals surface area contributed by atoms with Gasteiger partial charge in [0.25, 0.3) is 0 Å². The lowest BCUT2D eigenvalue weighted by molar-refractivity contribution is -0.140. The first-order valence-electron chi connectivity index (χ1n) is 5.93. The first-order valence-corrected chi connectivity index (χ1v) is 7.74. The largest absolute Gasteiger partial charge is 0.480 e. The molecule has 0 amide bonds. The Labute approximate surface area is 121 Å². The van der Waals surface area contributed by atoms with Crippen molar-refractivity contribution in [3.05, 3.63) is 28.8 Å². The van der Waals surface area contributed by atoms with Crippen molar-refractivity contribution < 1.29 is 23.4 Å². The molecule has 0 aliphatic carbocycles. The number of aliphatic carboxylic acids is 1. The minimum Gasteiger partial charge on any atom is -0.480 e. The van der Waals surface area contributed by atoms with Crippen molar-refractivity contribution in [2.45, 2.75) is 30.4 Å². The molecule has 0 saturated carbocycles. The molecule has 1 aromatic carbocycles. The van der Waals surface area contributed by atoms with Crippen molar-refractivity contribution in [3.63, 3.8) is 0 Å². The number of rotatable bonds is 3. The third-order valence-corrected chi connectivity index (χ3v) is 5.75. The van der Waals surface area contributed by atoms with Gasteiger partial charge in [0.05, 0.1) is 11.0 Å². The lowest BCUT2D eigenvalue weighted by Crippen LogP contribution is -2.40. The van der Waals surface area contributed by atoms with E-state index < -0.39 is 28.1 Å². The first kappa shape index (κ1) is 15.2. The second-order valence-corrected chi connectivity index (χ2v) is 6.95.